The van der Waals surface area contributed by atoms with Gasteiger partial charge in [0.2, 0.25) is 0 Å². The van der Waals surface area contributed by atoms with Crippen LogP contribution in [0.4, 0.5) is 30.7 Å². The number of aromatic carboxylic acids is 1. The molecular weight excluding hydrogens is 585 g/mol. The SMILES string of the molecule is C[C@]1(C(=O)N2CCc3c(cc(C(F)(F)F)cc3C(F)(F)F)C2)CC[C@@H](N2CCC(c3ccc(F)c(C(=O)O)c3)CC2)CO1. The average Bonchev–Trinajstić information content (AvgIpc) is 2.95. The number of hydrogen-bond donors (Lipinski definition) is 1. The van der Waals surface area contributed by atoms with Gasteiger partial charge in [-0.15, -0.1) is 0 Å². The molecule has 13 heteroatoms. The van der Waals surface area contributed by atoms with Crippen molar-refractivity contribution in [2.45, 2.75) is 75.5 Å². The monoisotopic (exact) mass is 616 g/mol. The number of carboxylic acids is 1. The summed E-state index contributed by atoms with van der Waals surface area (Å²) in [4.78, 5) is 28.3. The van der Waals surface area contributed by atoms with Gasteiger partial charge in [0.05, 0.1) is 23.3 Å². The van der Waals surface area contributed by atoms with Crippen LogP contribution in [0.2, 0.25) is 0 Å². The van der Waals surface area contributed by atoms with Crippen molar-refractivity contribution >= 4 is 11.9 Å². The molecule has 0 aromatic heterocycles. The molecule has 0 aliphatic carbocycles. The van der Waals surface area contributed by atoms with Crippen LogP contribution >= 0.6 is 0 Å². The first kappa shape index (κ1) is 31.2. The summed E-state index contributed by atoms with van der Waals surface area (Å²) in [5.74, 6) is -2.49. The van der Waals surface area contributed by atoms with Crippen LogP contribution in [0.3, 0.4) is 0 Å². The summed E-state index contributed by atoms with van der Waals surface area (Å²) in [5, 5.41) is 9.22. The second kappa shape index (κ2) is 11.4. The normalized spacial score (nSPS) is 24.1. The molecule has 6 nitrogen and oxygen atoms in total. The van der Waals surface area contributed by atoms with Crippen LogP contribution in [-0.4, -0.2) is 64.7 Å². The second-order valence-electron chi connectivity index (χ2n) is 11.7. The topological polar surface area (TPSA) is 70.1 Å². The number of carboxylic acid groups (broad SMARTS) is 1. The molecule has 2 saturated heterocycles. The van der Waals surface area contributed by atoms with Crippen LogP contribution in [0.25, 0.3) is 0 Å². The number of piperidine rings is 1. The Kier molecular flexibility index (Phi) is 8.27. The number of fused-ring (bicyclic) bond motifs is 1. The number of amides is 1. The molecule has 43 heavy (non-hydrogen) atoms. The highest BCUT2D eigenvalue weighted by molar-refractivity contribution is 5.88. The Morgan fingerprint density at radius 3 is 2.26 bits per heavy atom. The molecule has 1 amide bonds. The number of nitrogens with zero attached hydrogens (tertiary/aromatic N) is 2. The largest absolute Gasteiger partial charge is 0.478 e. The molecule has 0 unspecified atom stereocenters. The van der Waals surface area contributed by atoms with Crippen LogP contribution in [0, 0.1) is 5.82 Å². The molecule has 5 rings (SSSR count). The third-order valence-corrected chi connectivity index (χ3v) is 8.99. The maximum atomic E-state index is 13.8. The minimum atomic E-state index is -4.97. The third-order valence-electron chi connectivity index (χ3n) is 8.99. The van der Waals surface area contributed by atoms with Crippen molar-refractivity contribution in [1.29, 1.82) is 0 Å². The smallest absolute Gasteiger partial charge is 0.416 e. The van der Waals surface area contributed by atoms with E-state index in [-0.39, 0.29) is 60.8 Å². The number of hydrogen-bond acceptors (Lipinski definition) is 4. The average molecular weight is 617 g/mol. The maximum Gasteiger partial charge on any atom is 0.416 e. The minimum absolute atomic E-state index is 0.00962. The van der Waals surface area contributed by atoms with Crippen molar-refractivity contribution in [2.24, 2.45) is 0 Å². The Morgan fingerprint density at radius 2 is 1.67 bits per heavy atom. The predicted molar refractivity (Wildman–Crippen MR) is 140 cm³/mol. The summed E-state index contributed by atoms with van der Waals surface area (Å²) in [5.41, 5.74) is -3.96. The lowest BCUT2D eigenvalue weighted by Crippen LogP contribution is -2.56. The van der Waals surface area contributed by atoms with Crippen LogP contribution in [0.15, 0.2) is 30.3 Å². The van der Waals surface area contributed by atoms with Gasteiger partial charge in [0.25, 0.3) is 5.91 Å². The number of likely N-dealkylation sites (tertiary alicyclic amines) is 1. The van der Waals surface area contributed by atoms with Crippen LogP contribution < -0.4 is 0 Å². The number of rotatable bonds is 4. The van der Waals surface area contributed by atoms with Crippen molar-refractivity contribution < 1.29 is 50.2 Å². The van der Waals surface area contributed by atoms with E-state index in [9.17, 15) is 45.4 Å². The van der Waals surface area contributed by atoms with Gasteiger partial charge in [0.1, 0.15) is 11.4 Å². The summed E-state index contributed by atoms with van der Waals surface area (Å²) < 4.78 is 101. The van der Waals surface area contributed by atoms with Gasteiger partial charge in [0, 0.05) is 19.1 Å². The van der Waals surface area contributed by atoms with Gasteiger partial charge in [-0.05, 0) is 99.0 Å². The molecule has 2 aromatic rings. The summed E-state index contributed by atoms with van der Waals surface area (Å²) in [7, 11) is 0. The summed E-state index contributed by atoms with van der Waals surface area (Å²) in [6.07, 6.45) is -7.76. The summed E-state index contributed by atoms with van der Waals surface area (Å²) in [6, 6.07) is 5.00. The Hall–Kier alpha value is -3.19. The second-order valence-corrected chi connectivity index (χ2v) is 11.7. The van der Waals surface area contributed by atoms with Crippen molar-refractivity contribution in [3.05, 3.63) is 69.5 Å². The number of ether oxygens (including phenoxy) is 1. The third kappa shape index (κ3) is 6.38. The van der Waals surface area contributed by atoms with Gasteiger partial charge >= 0.3 is 18.3 Å². The van der Waals surface area contributed by atoms with E-state index in [1.165, 1.54) is 17.0 Å². The molecule has 3 heterocycles. The van der Waals surface area contributed by atoms with E-state index in [0.29, 0.717) is 32.0 Å². The van der Waals surface area contributed by atoms with E-state index in [0.717, 1.165) is 18.4 Å². The van der Waals surface area contributed by atoms with Crippen LogP contribution in [0.5, 0.6) is 0 Å². The van der Waals surface area contributed by atoms with Gasteiger partial charge in [-0.25, -0.2) is 9.18 Å². The van der Waals surface area contributed by atoms with Crippen molar-refractivity contribution in [3.63, 3.8) is 0 Å². The molecule has 1 N–H and O–H groups in total. The first-order valence-electron chi connectivity index (χ1n) is 14.1. The number of alkyl halides is 6. The Labute approximate surface area is 243 Å². The van der Waals surface area contributed by atoms with Crippen LogP contribution in [-0.2, 0) is 34.8 Å². The predicted octanol–water partition coefficient (Wildman–Crippen LogP) is 6.26. The van der Waals surface area contributed by atoms with Gasteiger partial charge in [-0.3, -0.25) is 9.69 Å². The molecule has 2 atom stereocenters. The highest BCUT2D eigenvalue weighted by atomic mass is 19.4. The Bertz CT molecular complexity index is 1390. The molecule has 0 bridgehead atoms. The molecule has 0 spiro atoms. The van der Waals surface area contributed by atoms with E-state index in [4.69, 9.17) is 4.74 Å². The van der Waals surface area contributed by atoms with E-state index >= 15 is 0 Å². The number of halogens is 7. The molecule has 2 fully saturated rings. The van der Waals surface area contributed by atoms with Crippen LogP contribution in [0.1, 0.15) is 76.7 Å². The fourth-order valence-corrected chi connectivity index (χ4v) is 6.52. The van der Waals surface area contributed by atoms with Gasteiger partial charge in [-0.1, -0.05) is 6.07 Å². The molecule has 3 aliphatic heterocycles. The highest BCUT2D eigenvalue weighted by Gasteiger charge is 2.45. The molecule has 3 aliphatic rings. The standard InChI is InChI=1S/C30H31F7N2O4/c1-28(27(42)39-11-7-22-19(15-39)12-20(29(32,33)34)14-24(22)30(35,36)37)8-4-21(16-43-28)38-9-5-17(6-10-38)18-2-3-25(31)23(13-18)26(40)41/h2-3,12-14,17,21H,4-11,15-16H2,1H3,(H,40,41)/t21-,28-/m1/s1. The Morgan fingerprint density at radius 1 is 0.977 bits per heavy atom. The molecule has 0 radical (unpaired) electrons. The zero-order valence-electron chi connectivity index (χ0n) is 23.3. The maximum absolute atomic E-state index is 13.8. The van der Waals surface area contributed by atoms with E-state index in [2.05, 4.69) is 4.90 Å². The molecule has 2 aromatic carbocycles. The first-order chi connectivity index (χ1) is 20.1. The lowest BCUT2D eigenvalue weighted by Gasteiger charge is -2.45. The van der Waals surface area contributed by atoms with E-state index in [1.807, 2.05) is 0 Å². The highest BCUT2D eigenvalue weighted by Crippen LogP contribution is 2.41. The molecule has 234 valence electrons. The van der Waals surface area contributed by atoms with Gasteiger partial charge in [0.15, 0.2) is 0 Å². The van der Waals surface area contributed by atoms with Crippen molar-refractivity contribution in [3.8, 4) is 0 Å². The quantitative estimate of drug-likeness (QED) is 0.411. The molecule has 0 saturated carbocycles. The lowest BCUT2D eigenvalue weighted by molar-refractivity contribution is -0.168. The molecular formula is C30H31F7N2O4. The summed E-state index contributed by atoms with van der Waals surface area (Å²) in [6.45, 7) is 2.78. The van der Waals surface area contributed by atoms with Crippen molar-refractivity contribution in [1.82, 2.24) is 9.80 Å². The first-order valence-corrected chi connectivity index (χ1v) is 14.1. The minimum Gasteiger partial charge on any atom is -0.478 e. The van der Waals surface area contributed by atoms with E-state index in [1.54, 1.807) is 13.0 Å². The van der Waals surface area contributed by atoms with E-state index < -0.39 is 46.8 Å². The number of benzene rings is 2. The van der Waals surface area contributed by atoms with Gasteiger partial charge in [-0.2, -0.15) is 26.3 Å². The van der Waals surface area contributed by atoms with Crippen molar-refractivity contribution in [2.75, 3.05) is 26.2 Å². The number of carbonyl (C=O) groups is 2. The van der Waals surface area contributed by atoms with Gasteiger partial charge < -0.3 is 14.7 Å². The summed E-state index contributed by atoms with van der Waals surface area (Å²) >= 11 is 0. The number of carbonyl (C=O) groups excluding carboxylic acids is 1. The fraction of sp³-hybridized carbons (Fsp3) is 0.533. The lowest BCUT2D eigenvalue weighted by atomic mass is 9.86. The zero-order valence-corrected chi connectivity index (χ0v) is 23.3. The zero-order chi connectivity index (χ0) is 31.3. The Balaban J connectivity index is 1.21. The fourth-order valence-electron chi connectivity index (χ4n) is 6.52.